The highest BCUT2D eigenvalue weighted by molar-refractivity contribution is 5.95. The van der Waals surface area contributed by atoms with Gasteiger partial charge in [0.2, 0.25) is 11.8 Å². The molecule has 1 saturated heterocycles. The minimum absolute atomic E-state index is 0.00629. The Morgan fingerprint density at radius 1 is 1.02 bits per heavy atom. The number of rotatable bonds is 11. The van der Waals surface area contributed by atoms with Crippen LogP contribution >= 0.6 is 0 Å². The van der Waals surface area contributed by atoms with E-state index in [9.17, 15) is 24.3 Å². The average Bonchev–Trinajstić information content (AvgIpc) is 3.59. The third-order valence-electron chi connectivity index (χ3n) is 8.48. The molecule has 6 atom stereocenters. The summed E-state index contributed by atoms with van der Waals surface area (Å²) in [6.07, 6.45) is 4.54. The van der Waals surface area contributed by atoms with Crippen LogP contribution in [0.25, 0.3) is 0 Å². The Bertz CT molecular complexity index is 1260. The number of benzene rings is 2. The minimum Gasteiger partial charge on any atom is -0.480 e. The number of esters is 1. The highest BCUT2D eigenvalue weighted by Crippen LogP contribution is 2.41. The zero-order chi connectivity index (χ0) is 32.4. The molecule has 2 aliphatic rings. The molecule has 5 N–H and O–H groups in total. The molecular formula is C34H48N4O6. The second-order valence-corrected chi connectivity index (χ2v) is 11.9. The highest BCUT2D eigenvalue weighted by Gasteiger charge is 2.49. The number of aliphatic carboxylic acids is 1. The van der Waals surface area contributed by atoms with E-state index in [4.69, 9.17) is 10.5 Å². The molecule has 1 saturated carbocycles. The Hall–Kier alpha value is -3.76. The zero-order valence-electron chi connectivity index (χ0n) is 26.5. The number of hydrogen-bond acceptors (Lipinski definition) is 7. The lowest BCUT2D eigenvalue weighted by atomic mass is 10.0. The monoisotopic (exact) mass is 608 g/mol. The Morgan fingerprint density at radius 3 is 2.27 bits per heavy atom. The van der Waals surface area contributed by atoms with Crippen LogP contribution in [0.5, 0.6) is 0 Å². The normalized spacial score (nSPS) is 20.9. The molecule has 240 valence electrons. The molecule has 0 bridgehead atoms. The Kier molecular flexibility index (Phi) is 12.9. The standard InChI is InChI=1S/C23H32N2O5.C11H16N2O/c1-3-30-23(29)18(13-12-16-8-5-4-6-9-16)24-15(2)21(26)25-19-11-7-10-17(19)14-20(25)22(27)28;1-7-5-4-6-8(2)10(7)13-11(14)9(3)12/h4-6,8-9,15,17-20,24H,3,7,10-14H2,1-2H3,(H,27,28);4-6,9H,12H2,1-3H3,(H,13,14)/t15-,17-,18-,19-,20-;/m0./s1. The van der Waals surface area contributed by atoms with Crippen LogP contribution in [-0.4, -0.2) is 70.6 Å². The fraction of sp³-hybridized carbons (Fsp3) is 0.529. The Morgan fingerprint density at radius 2 is 1.68 bits per heavy atom. The van der Waals surface area contributed by atoms with Gasteiger partial charge in [0.05, 0.1) is 18.7 Å². The van der Waals surface area contributed by atoms with E-state index >= 15 is 0 Å². The van der Waals surface area contributed by atoms with Crippen LogP contribution in [0, 0.1) is 19.8 Å². The van der Waals surface area contributed by atoms with Crippen LogP contribution in [0.15, 0.2) is 48.5 Å². The number of aryl methyl sites for hydroxylation is 3. The van der Waals surface area contributed by atoms with Crippen molar-refractivity contribution in [2.45, 2.75) is 103 Å². The average molecular weight is 609 g/mol. The van der Waals surface area contributed by atoms with Gasteiger partial charge in [-0.1, -0.05) is 55.0 Å². The fourth-order valence-corrected chi connectivity index (χ4v) is 6.14. The van der Waals surface area contributed by atoms with Crippen LogP contribution < -0.4 is 16.4 Å². The maximum Gasteiger partial charge on any atom is 0.326 e. The molecule has 2 amide bonds. The van der Waals surface area contributed by atoms with Gasteiger partial charge in [-0.15, -0.1) is 0 Å². The van der Waals surface area contributed by atoms with E-state index in [1.807, 2.05) is 62.4 Å². The van der Waals surface area contributed by atoms with Crippen molar-refractivity contribution >= 4 is 29.4 Å². The van der Waals surface area contributed by atoms with Gasteiger partial charge in [0, 0.05) is 11.7 Å². The number of carbonyl (C=O) groups is 4. The largest absolute Gasteiger partial charge is 0.480 e. The number of likely N-dealkylation sites (tertiary alicyclic amines) is 1. The van der Waals surface area contributed by atoms with Gasteiger partial charge in [0.15, 0.2) is 0 Å². The molecule has 1 aliphatic heterocycles. The number of carboxylic acid groups (broad SMARTS) is 1. The van der Waals surface area contributed by atoms with Crippen LogP contribution in [0.4, 0.5) is 5.69 Å². The highest BCUT2D eigenvalue weighted by atomic mass is 16.5. The Labute approximate surface area is 260 Å². The molecular weight excluding hydrogens is 560 g/mol. The van der Waals surface area contributed by atoms with Crippen LogP contribution in [0.1, 0.15) is 69.6 Å². The van der Waals surface area contributed by atoms with Crippen molar-refractivity contribution in [1.82, 2.24) is 10.2 Å². The molecule has 2 fully saturated rings. The van der Waals surface area contributed by atoms with E-state index < -0.39 is 30.1 Å². The van der Waals surface area contributed by atoms with Crippen molar-refractivity contribution in [2.75, 3.05) is 11.9 Å². The number of hydrogen-bond donors (Lipinski definition) is 4. The smallest absolute Gasteiger partial charge is 0.326 e. The maximum absolute atomic E-state index is 13.2. The minimum atomic E-state index is -0.948. The van der Waals surface area contributed by atoms with Gasteiger partial charge in [0.25, 0.3) is 0 Å². The van der Waals surface area contributed by atoms with Crippen LogP contribution in [0.2, 0.25) is 0 Å². The predicted octanol–water partition coefficient (Wildman–Crippen LogP) is 3.97. The van der Waals surface area contributed by atoms with Gasteiger partial charge in [-0.05, 0) is 89.3 Å². The first-order valence-corrected chi connectivity index (χ1v) is 15.6. The molecule has 4 rings (SSSR count). The van der Waals surface area contributed by atoms with Crippen molar-refractivity contribution in [3.8, 4) is 0 Å². The second-order valence-electron chi connectivity index (χ2n) is 11.9. The van der Waals surface area contributed by atoms with E-state index in [0.717, 1.165) is 41.6 Å². The van der Waals surface area contributed by atoms with E-state index in [1.165, 1.54) is 0 Å². The molecule has 0 aromatic heterocycles. The summed E-state index contributed by atoms with van der Waals surface area (Å²) in [4.78, 5) is 50.4. The fourth-order valence-electron chi connectivity index (χ4n) is 6.14. The molecule has 0 spiro atoms. The van der Waals surface area contributed by atoms with Gasteiger partial charge >= 0.3 is 11.9 Å². The number of nitrogens with one attached hydrogen (secondary N) is 2. The number of nitrogens with zero attached hydrogens (tertiary/aromatic N) is 1. The van der Waals surface area contributed by atoms with Crippen molar-refractivity contribution in [3.05, 3.63) is 65.2 Å². The molecule has 1 heterocycles. The molecule has 1 aliphatic carbocycles. The molecule has 44 heavy (non-hydrogen) atoms. The van der Waals surface area contributed by atoms with Gasteiger partial charge in [-0.2, -0.15) is 0 Å². The van der Waals surface area contributed by atoms with Crippen LogP contribution in [-0.2, 0) is 30.3 Å². The number of ether oxygens (including phenoxy) is 1. The van der Waals surface area contributed by atoms with Crippen molar-refractivity contribution in [2.24, 2.45) is 11.7 Å². The first-order chi connectivity index (χ1) is 20.9. The molecule has 1 unspecified atom stereocenters. The lowest BCUT2D eigenvalue weighted by Gasteiger charge is -2.31. The predicted molar refractivity (Wildman–Crippen MR) is 170 cm³/mol. The summed E-state index contributed by atoms with van der Waals surface area (Å²) >= 11 is 0. The third-order valence-corrected chi connectivity index (χ3v) is 8.48. The molecule has 10 nitrogen and oxygen atoms in total. The van der Waals surface area contributed by atoms with E-state index in [1.54, 1.807) is 25.7 Å². The number of carboxylic acids is 1. The first-order valence-electron chi connectivity index (χ1n) is 15.6. The lowest BCUT2D eigenvalue weighted by Crippen LogP contribution is -2.55. The second kappa shape index (κ2) is 16.4. The Balaban J connectivity index is 0.000000317. The van der Waals surface area contributed by atoms with Gasteiger partial charge < -0.3 is 25.8 Å². The number of anilines is 1. The summed E-state index contributed by atoms with van der Waals surface area (Å²) in [6, 6.07) is 13.2. The SMILES string of the molecule is CCOC(=O)[C@H](CCc1ccccc1)N[C@@H](C)C(=O)N1[C@H](C(=O)O)C[C@@H]2CCC[C@@H]21.Cc1cccc(C)c1NC(=O)C(C)N. The van der Waals surface area contributed by atoms with E-state index in [-0.39, 0.29) is 36.4 Å². The zero-order valence-corrected chi connectivity index (χ0v) is 26.5. The summed E-state index contributed by atoms with van der Waals surface area (Å²) in [5, 5.41) is 15.6. The number of fused-ring (bicyclic) bond motifs is 1. The quantitative estimate of drug-likeness (QED) is 0.280. The summed E-state index contributed by atoms with van der Waals surface area (Å²) in [5.41, 5.74) is 9.55. The summed E-state index contributed by atoms with van der Waals surface area (Å²) < 4.78 is 5.21. The topological polar surface area (TPSA) is 151 Å². The van der Waals surface area contributed by atoms with Crippen molar-refractivity contribution < 1.29 is 29.0 Å². The molecule has 2 aromatic carbocycles. The summed E-state index contributed by atoms with van der Waals surface area (Å²) in [6.45, 7) is 9.32. The van der Waals surface area contributed by atoms with E-state index in [0.29, 0.717) is 19.3 Å². The van der Waals surface area contributed by atoms with E-state index in [2.05, 4.69) is 10.6 Å². The van der Waals surface area contributed by atoms with Gasteiger partial charge in [0.1, 0.15) is 12.1 Å². The maximum atomic E-state index is 13.2. The molecule has 10 heteroatoms. The number of nitrogens with two attached hydrogens (primary N) is 1. The number of amides is 2. The molecule has 2 aromatic rings. The van der Waals surface area contributed by atoms with Crippen molar-refractivity contribution in [1.29, 1.82) is 0 Å². The first kappa shape index (κ1) is 34.7. The van der Waals surface area contributed by atoms with Crippen molar-refractivity contribution in [3.63, 3.8) is 0 Å². The summed E-state index contributed by atoms with van der Waals surface area (Å²) in [7, 11) is 0. The molecule has 0 radical (unpaired) electrons. The van der Waals surface area contributed by atoms with Gasteiger partial charge in [-0.25, -0.2) is 4.79 Å². The third kappa shape index (κ3) is 9.12. The lowest BCUT2D eigenvalue weighted by molar-refractivity contribution is -0.151. The summed E-state index contributed by atoms with van der Waals surface area (Å²) in [5.74, 6) is -1.46. The van der Waals surface area contributed by atoms with Crippen LogP contribution in [0.3, 0.4) is 0 Å². The van der Waals surface area contributed by atoms with Gasteiger partial charge in [-0.3, -0.25) is 19.7 Å². The number of carbonyl (C=O) groups excluding carboxylic acids is 3. The number of para-hydroxylation sites is 1.